The largest absolute Gasteiger partial charge is 0.491 e. The molecule has 3 aromatic carbocycles. The summed E-state index contributed by atoms with van der Waals surface area (Å²) < 4.78 is 23.1. The van der Waals surface area contributed by atoms with Gasteiger partial charge in [0.1, 0.15) is 19.0 Å². The number of carbonyl (C=O) groups is 1. The third-order valence-corrected chi connectivity index (χ3v) is 6.10. The van der Waals surface area contributed by atoms with Crippen molar-refractivity contribution in [3.05, 3.63) is 89.0 Å². The van der Waals surface area contributed by atoms with Gasteiger partial charge in [-0.25, -0.2) is 0 Å². The molecule has 38 heavy (non-hydrogen) atoms. The van der Waals surface area contributed by atoms with Gasteiger partial charge in [-0.2, -0.15) is 10.1 Å². The van der Waals surface area contributed by atoms with E-state index in [1.807, 2.05) is 80.6 Å². The second kappa shape index (κ2) is 12.9. The van der Waals surface area contributed by atoms with E-state index in [1.54, 1.807) is 0 Å². The van der Waals surface area contributed by atoms with Gasteiger partial charge in [0.25, 0.3) is 5.91 Å². The molecule has 1 aliphatic rings. The molecule has 7 heteroatoms. The standard InChI is InChI=1S/C31H34N2O5/c1-5-36-30-21-25(20-28-24(4)32-33(31(28)34)26-9-7-6-8-10-26)12-14-29(30)38-18-16-35-15-17-37-27-13-11-22(2)23(3)19-27/h6-14,19-21H,5,15-18H2,1-4H3/b28-20-. The van der Waals surface area contributed by atoms with Gasteiger partial charge in [0.05, 0.1) is 36.8 Å². The molecule has 0 aromatic heterocycles. The maximum Gasteiger partial charge on any atom is 0.280 e. The smallest absolute Gasteiger partial charge is 0.280 e. The molecule has 0 unspecified atom stereocenters. The lowest BCUT2D eigenvalue weighted by Crippen LogP contribution is -2.21. The zero-order valence-electron chi connectivity index (χ0n) is 22.4. The molecule has 1 amide bonds. The third-order valence-electron chi connectivity index (χ3n) is 6.10. The lowest BCUT2D eigenvalue weighted by molar-refractivity contribution is -0.114. The first-order valence-electron chi connectivity index (χ1n) is 12.8. The molecule has 0 spiro atoms. The van der Waals surface area contributed by atoms with Crippen molar-refractivity contribution in [3.63, 3.8) is 0 Å². The number of benzene rings is 3. The van der Waals surface area contributed by atoms with E-state index in [4.69, 9.17) is 18.9 Å². The van der Waals surface area contributed by atoms with Crippen molar-refractivity contribution in [2.45, 2.75) is 27.7 Å². The molecule has 3 aromatic rings. The molecule has 1 heterocycles. The van der Waals surface area contributed by atoms with E-state index in [1.165, 1.54) is 16.1 Å². The number of hydrogen-bond acceptors (Lipinski definition) is 6. The highest BCUT2D eigenvalue weighted by atomic mass is 16.6. The molecule has 0 saturated carbocycles. The average Bonchev–Trinajstić information content (AvgIpc) is 3.20. The van der Waals surface area contributed by atoms with E-state index in [0.717, 1.165) is 17.0 Å². The van der Waals surface area contributed by atoms with Crippen molar-refractivity contribution in [1.82, 2.24) is 0 Å². The molecule has 0 radical (unpaired) electrons. The van der Waals surface area contributed by atoms with Crippen LogP contribution in [-0.4, -0.2) is 44.7 Å². The van der Waals surface area contributed by atoms with Gasteiger partial charge in [-0.1, -0.05) is 30.3 Å². The summed E-state index contributed by atoms with van der Waals surface area (Å²) in [5, 5.41) is 5.87. The minimum absolute atomic E-state index is 0.161. The van der Waals surface area contributed by atoms with Gasteiger partial charge in [-0.3, -0.25) is 4.79 Å². The molecule has 1 aliphatic heterocycles. The van der Waals surface area contributed by atoms with Crippen LogP contribution in [0.3, 0.4) is 0 Å². The van der Waals surface area contributed by atoms with E-state index in [2.05, 4.69) is 25.0 Å². The maximum absolute atomic E-state index is 13.0. The third kappa shape index (κ3) is 6.81. The van der Waals surface area contributed by atoms with Crippen molar-refractivity contribution in [3.8, 4) is 17.2 Å². The van der Waals surface area contributed by atoms with Crippen molar-refractivity contribution < 1.29 is 23.7 Å². The van der Waals surface area contributed by atoms with Crippen LogP contribution in [0.15, 0.2) is 77.4 Å². The topological polar surface area (TPSA) is 69.6 Å². The van der Waals surface area contributed by atoms with E-state index in [0.29, 0.717) is 55.8 Å². The highest BCUT2D eigenvalue weighted by Crippen LogP contribution is 2.31. The predicted molar refractivity (Wildman–Crippen MR) is 150 cm³/mol. The lowest BCUT2D eigenvalue weighted by Gasteiger charge is -2.13. The minimum atomic E-state index is -0.161. The Labute approximate surface area is 224 Å². The summed E-state index contributed by atoms with van der Waals surface area (Å²) in [7, 11) is 0. The lowest BCUT2D eigenvalue weighted by atomic mass is 10.1. The number of ether oxygens (including phenoxy) is 4. The predicted octanol–water partition coefficient (Wildman–Crippen LogP) is 5.98. The minimum Gasteiger partial charge on any atom is -0.491 e. The molecule has 0 saturated heterocycles. The zero-order chi connectivity index (χ0) is 26.9. The Morgan fingerprint density at radius 3 is 2.29 bits per heavy atom. The number of carbonyl (C=O) groups excluding carboxylic acids is 1. The monoisotopic (exact) mass is 514 g/mol. The molecular formula is C31H34N2O5. The number of nitrogens with zero attached hydrogens (tertiary/aromatic N) is 2. The van der Waals surface area contributed by atoms with E-state index >= 15 is 0 Å². The summed E-state index contributed by atoms with van der Waals surface area (Å²) in [6.45, 7) is 10.1. The zero-order valence-corrected chi connectivity index (χ0v) is 22.4. The summed E-state index contributed by atoms with van der Waals surface area (Å²) >= 11 is 0. The van der Waals surface area contributed by atoms with Crippen molar-refractivity contribution in [2.24, 2.45) is 5.10 Å². The van der Waals surface area contributed by atoms with Crippen molar-refractivity contribution in [1.29, 1.82) is 0 Å². The Bertz CT molecular complexity index is 1320. The summed E-state index contributed by atoms with van der Waals surface area (Å²) in [6, 6.07) is 21.1. The number of anilines is 1. The Kier molecular flexibility index (Phi) is 9.16. The van der Waals surface area contributed by atoms with Gasteiger partial charge >= 0.3 is 0 Å². The number of aryl methyl sites for hydroxylation is 2. The van der Waals surface area contributed by atoms with Gasteiger partial charge < -0.3 is 18.9 Å². The Hall–Kier alpha value is -4.10. The molecule has 0 aliphatic carbocycles. The first kappa shape index (κ1) is 26.9. The second-order valence-electron chi connectivity index (χ2n) is 8.89. The Morgan fingerprint density at radius 1 is 0.789 bits per heavy atom. The number of rotatable bonds is 12. The average molecular weight is 515 g/mol. The van der Waals surface area contributed by atoms with E-state index in [9.17, 15) is 4.79 Å². The molecule has 0 N–H and O–H groups in total. The first-order chi connectivity index (χ1) is 18.5. The SMILES string of the molecule is CCOc1cc(/C=C2\C(=O)N(c3ccccc3)N=C2C)ccc1OCCOCCOc1ccc(C)c(C)c1. The van der Waals surface area contributed by atoms with Crippen molar-refractivity contribution in [2.75, 3.05) is 38.0 Å². The van der Waals surface area contributed by atoms with Crippen molar-refractivity contribution >= 4 is 23.4 Å². The highest BCUT2D eigenvalue weighted by molar-refractivity contribution is 6.32. The number of para-hydroxylation sites is 1. The van der Waals surface area contributed by atoms with Crippen LogP contribution in [-0.2, 0) is 9.53 Å². The molecule has 0 fully saturated rings. The normalized spacial score (nSPS) is 14.1. The first-order valence-corrected chi connectivity index (χ1v) is 12.8. The summed E-state index contributed by atoms with van der Waals surface area (Å²) in [6.07, 6.45) is 1.83. The van der Waals surface area contributed by atoms with Crippen LogP contribution < -0.4 is 19.2 Å². The summed E-state index contributed by atoms with van der Waals surface area (Å²) in [4.78, 5) is 13.0. The summed E-state index contributed by atoms with van der Waals surface area (Å²) in [5.41, 5.74) is 5.22. The van der Waals surface area contributed by atoms with Crippen LogP contribution >= 0.6 is 0 Å². The number of hydrazone groups is 1. The van der Waals surface area contributed by atoms with Crippen LogP contribution in [0.4, 0.5) is 5.69 Å². The molecule has 0 atom stereocenters. The molecule has 4 rings (SSSR count). The van der Waals surface area contributed by atoms with Crippen LogP contribution in [0.25, 0.3) is 6.08 Å². The van der Waals surface area contributed by atoms with E-state index in [-0.39, 0.29) is 5.91 Å². The maximum atomic E-state index is 13.0. The fourth-order valence-corrected chi connectivity index (χ4v) is 3.93. The summed E-state index contributed by atoms with van der Waals surface area (Å²) in [5.74, 6) is 1.92. The van der Waals surface area contributed by atoms with Gasteiger partial charge in [-0.15, -0.1) is 0 Å². The molecule has 0 bridgehead atoms. The van der Waals surface area contributed by atoms with E-state index < -0.39 is 0 Å². The van der Waals surface area contributed by atoms with Crippen LogP contribution in [0.2, 0.25) is 0 Å². The van der Waals surface area contributed by atoms with Crippen LogP contribution in [0, 0.1) is 13.8 Å². The van der Waals surface area contributed by atoms with Gasteiger partial charge in [-0.05, 0) is 86.9 Å². The van der Waals surface area contributed by atoms with Gasteiger partial charge in [0, 0.05) is 0 Å². The molecular weight excluding hydrogens is 480 g/mol. The van der Waals surface area contributed by atoms with Gasteiger partial charge in [0.2, 0.25) is 0 Å². The van der Waals surface area contributed by atoms with Crippen LogP contribution in [0.5, 0.6) is 17.2 Å². The Morgan fingerprint density at radius 2 is 1.55 bits per heavy atom. The Balaban J connectivity index is 1.30. The number of hydrogen-bond donors (Lipinski definition) is 0. The number of amides is 1. The fourth-order valence-electron chi connectivity index (χ4n) is 3.93. The molecule has 198 valence electrons. The second-order valence-corrected chi connectivity index (χ2v) is 8.89. The van der Waals surface area contributed by atoms with Gasteiger partial charge in [0.15, 0.2) is 11.5 Å². The molecule has 7 nitrogen and oxygen atoms in total. The fraction of sp³-hybridized carbons (Fsp3) is 0.290. The highest BCUT2D eigenvalue weighted by Gasteiger charge is 2.28. The van der Waals surface area contributed by atoms with Crippen LogP contribution in [0.1, 0.15) is 30.5 Å². The quantitative estimate of drug-likeness (QED) is 0.220.